The maximum atomic E-state index is 12.2. The van der Waals surface area contributed by atoms with Gasteiger partial charge >= 0.3 is 0 Å². The third-order valence-electron chi connectivity index (χ3n) is 3.73. The Morgan fingerprint density at radius 3 is 2.76 bits per heavy atom. The van der Waals surface area contributed by atoms with Crippen LogP contribution in [-0.4, -0.2) is 41.4 Å². The van der Waals surface area contributed by atoms with E-state index in [2.05, 4.69) is 17.1 Å². The molecule has 0 spiro atoms. The van der Waals surface area contributed by atoms with Gasteiger partial charge in [-0.2, -0.15) is 0 Å². The standard InChI is InChI=1S/C14H18IN3O3/c1-10(17-6-2-3-7-17)9-16-14(19)12-8-11(18(20)21)4-5-13(12)15/h4-5,8,10H,2-3,6-7,9H2,1H3,(H,16,19). The van der Waals surface area contributed by atoms with Crippen molar-refractivity contribution in [1.82, 2.24) is 10.2 Å². The molecule has 1 aliphatic rings. The quantitative estimate of drug-likeness (QED) is 0.466. The van der Waals surface area contributed by atoms with E-state index in [-0.39, 0.29) is 17.6 Å². The fourth-order valence-electron chi connectivity index (χ4n) is 2.45. The van der Waals surface area contributed by atoms with Crippen LogP contribution in [0.25, 0.3) is 0 Å². The highest BCUT2D eigenvalue weighted by molar-refractivity contribution is 14.1. The SMILES string of the molecule is CC(CNC(=O)c1cc([N+](=O)[O-])ccc1I)N1CCCC1. The first-order valence-electron chi connectivity index (χ1n) is 6.95. The Bertz CT molecular complexity index is 544. The average molecular weight is 403 g/mol. The molecule has 1 amide bonds. The first-order chi connectivity index (χ1) is 9.99. The van der Waals surface area contributed by atoms with E-state index in [1.165, 1.54) is 25.0 Å². The Kier molecular flexibility index (Phi) is 5.51. The maximum Gasteiger partial charge on any atom is 0.270 e. The van der Waals surface area contributed by atoms with Gasteiger partial charge in [0.15, 0.2) is 0 Å². The van der Waals surface area contributed by atoms with Crippen molar-refractivity contribution in [3.63, 3.8) is 0 Å². The molecular weight excluding hydrogens is 385 g/mol. The summed E-state index contributed by atoms with van der Waals surface area (Å²) in [6.45, 7) is 4.79. The number of benzene rings is 1. The van der Waals surface area contributed by atoms with Crippen LogP contribution >= 0.6 is 22.6 Å². The minimum Gasteiger partial charge on any atom is -0.350 e. The van der Waals surface area contributed by atoms with Gasteiger partial charge in [-0.15, -0.1) is 0 Å². The van der Waals surface area contributed by atoms with E-state index in [1.54, 1.807) is 6.07 Å². The highest BCUT2D eigenvalue weighted by Gasteiger charge is 2.20. The fraction of sp³-hybridized carbons (Fsp3) is 0.500. The van der Waals surface area contributed by atoms with Gasteiger partial charge < -0.3 is 5.32 Å². The molecule has 1 aromatic rings. The topological polar surface area (TPSA) is 75.5 Å². The third-order valence-corrected chi connectivity index (χ3v) is 4.67. The Balaban J connectivity index is 1.99. The minimum atomic E-state index is -0.486. The lowest BCUT2D eigenvalue weighted by Gasteiger charge is -2.23. The number of non-ortho nitro benzene ring substituents is 1. The molecule has 1 aliphatic heterocycles. The highest BCUT2D eigenvalue weighted by atomic mass is 127. The molecule has 1 fully saturated rings. The Morgan fingerprint density at radius 2 is 2.14 bits per heavy atom. The molecule has 1 unspecified atom stereocenters. The Hall–Kier alpha value is -1.22. The average Bonchev–Trinajstić information content (AvgIpc) is 2.98. The number of amides is 1. The summed E-state index contributed by atoms with van der Waals surface area (Å²) in [5, 5.41) is 13.7. The normalized spacial score (nSPS) is 16.7. The molecule has 6 nitrogen and oxygen atoms in total. The first kappa shape index (κ1) is 16.2. The van der Waals surface area contributed by atoms with Crippen LogP contribution in [0.3, 0.4) is 0 Å². The number of nitrogens with zero attached hydrogens (tertiary/aromatic N) is 2. The van der Waals surface area contributed by atoms with Gasteiger partial charge in [0.2, 0.25) is 0 Å². The van der Waals surface area contributed by atoms with Gasteiger partial charge in [-0.25, -0.2) is 0 Å². The smallest absolute Gasteiger partial charge is 0.270 e. The number of nitro benzene ring substituents is 1. The van der Waals surface area contributed by atoms with Gasteiger partial charge in [-0.3, -0.25) is 19.8 Å². The zero-order valence-electron chi connectivity index (χ0n) is 11.8. The van der Waals surface area contributed by atoms with Crippen molar-refractivity contribution in [2.24, 2.45) is 0 Å². The Labute approximate surface area is 137 Å². The third kappa shape index (κ3) is 4.13. The number of nitrogens with one attached hydrogen (secondary N) is 1. The second-order valence-electron chi connectivity index (χ2n) is 5.22. The summed E-state index contributed by atoms with van der Waals surface area (Å²) in [4.78, 5) is 24.9. The summed E-state index contributed by atoms with van der Waals surface area (Å²) in [6, 6.07) is 4.62. The highest BCUT2D eigenvalue weighted by Crippen LogP contribution is 2.19. The van der Waals surface area contributed by atoms with Crippen LogP contribution in [0.2, 0.25) is 0 Å². The van der Waals surface area contributed by atoms with E-state index in [0.29, 0.717) is 15.7 Å². The molecular formula is C14H18IN3O3. The molecule has 7 heteroatoms. The van der Waals surface area contributed by atoms with Crippen LogP contribution in [0.15, 0.2) is 18.2 Å². The van der Waals surface area contributed by atoms with Crippen molar-refractivity contribution in [3.05, 3.63) is 37.4 Å². The zero-order chi connectivity index (χ0) is 15.4. The fourth-order valence-corrected chi connectivity index (χ4v) is 3.03. The van der Waals surface area contributed by atoms with E-state index in [9.17, 15) is 14.9 Å². The number of carbonyl (C=O) groups excluding carboxylic acids is 1. The van der Waals surface area contributed by atoms with Gasteiger partial charge in [0, 0.05) is 28.3 Å². The minimum absolute atomic E-state index is 0.0619. The van der Waals surface area contributed by atoms with E-state index in [4.69, 9.17) is 0 Å². The lowest BCUT2D eigenvalue weighted by molar-refractivity contribution is -0.384. The summed E-state index contributed by atoms with van der Waals surface area (Å²) in [5.74, 6) is -0.255. The Morgan fingerprint density at radius 1 is 1.48 bits per heavy atom. The lowest BCUT2D eigenvalue weighted by atomic mass is 10.2. The predicted molar refractivity (Wildman–Crippen MR) is 88.4 cm³/mol. The van der Waals surface area contributed by atoms with Gasteiger partial charge in [-0.05, 0) is 61.5 Å². The number of nitro groups is 1. The van der Waals surface area contributed by atoms with Crippen LogP contribution in [-0.2, 0) is 0 Å². The lowest BCUT2D eigenvalue weighted by Crippen LogP contribution is -2.40. The summed E-state index contributed by atoms with van der Waals surface area (Å²) in [7, 11) is 0. The van der Waals surface area contributed by atoms with E-state index in [1.807, 2.05) is 22.6 Å². The molecule has 1 N–H and O–H groups in total. The molecule has 0 aromatic heterocycles. The summed E-state index contributed by atoms with van der Waals surface area (Å²) in [6.07, 6.45) is 2.42. The second kappa shape index (κ2) is 7.17. The molecule has 1 atom stereocenters. The van der Waals surface area contributed by atoms with Gasteiger partial charge in [-0.1, -0.05) is 0 Å². The van der Waals surface area contributed by atoms with Crippen LogP contribution in [0.4, 0.5) is 5.69 Å². The summed E-state index contributed by atoms with van der Waals surface area (Å²) >= 11 is 2.02. The molecule has 0 saturated carbocycles. The molecule has 0 bridgehead atoms. The van der Waals surface area contributed by atoms with Gasteiger partial charge in [0.1, 0.15) is 0 Å². The number of hydrogen-bond donors (Lipinski definition) is 1. The van der Waals surface area contributed by atoms with Crippen molar-refractivity contribution in [3.8, 4) is 0 Å². The summed E-state index contributed by atoms with van der Waals surface area (Å²) < 4.78 is 0.713. The number of halogens is 1. The van der Waals surface area contributed by atoms with Crippen molar-refractivity contribution in [1.29, 1.82) is 0 Å². The monoisotopic (exact) mass is 403 g/mol. The van der Waals surface area contributed by atoms with Gasteiger partial charge in [0.25, 0.3) is 11.6 Å². The number of likely N-dealkylation sites (tertiary alicyclic amines) is 1. The van der Waals surface area contributed by atoms with Crippen LogP contribution in [0.1, 0.15) is 30.1 Å². The van der Waals surface area contributed by atoms with Crippen molar-refractivity contribution < 1.29 is 9.72 Å². The van der Waals surface area contributed by atoms with Crippen molar-refractivity contribution in [2.45, 2.75) is 25.8 Å². The number of rotatable bonds is 5. The van der Waals surface area contributed by atoms with Crippen LogP contribution < -0.4 is 5.32 Å². The molecule has 0 aliphatic carbocycles. The van der Waals surface area contributed by atoms with Crippen molar-refractivity contribution >= 4 is 34.2 Å². The number of carbonyl (C=O) groups is 1. The molecule has 21 heavy (non-hydrogen) atoms. The molecule has 1 heterocycles. The van der Waals surface area contributed by atoms with E-state index in [0.717, 1.165) is 13.1 Å². The molecule has 0 radical (unpaired) electrons. The first-order valence-corrected chi connectivity index (χ1v) is 8.03. The maximum absolute atomic E-state index is 12.2. The van der Waals surface area contributed by atoms with Crippen molar-refractivity contribution in [2.75, 3.05) is 19.6 Å². The number of hydrogen-bond acceptors (Lipinski definition) is 4. The van der Waals surface area contributed by atoms with Crippen LogP contribution in [0.5, 0.6) is 0 Å². The van der Waals surface area contributed by atoms with Gasteiger partial charge in [0.05, 0.1) is 10.5 Å². The summed E-state index contributed by atoms with van der Waals surface area (Å²) in [5.41, 5.74) is 0.298. The molecule has 2 rings (SSSR count). The van der Waals surface area contributed by atoms with Crippen LogP contribution in [0, 0.1) is 13.7 Å². The molecule has 1 aromatic carbocycles. The predicted octanol–water partition coefficient (Wildman–Crippen LogP) is 2.41. The van der Waals surface area contributed by atoms with E-state index >= 15 is 0 Å². The second-order valence-corrected chi connectivity index (χ2v) is 6.39. The molecule has 114 valence electrons. The zero-order valence-corrected chi connectivity index (χ0v) is 14.0. The van der Waals surface area contributed by atoms with E-state index < -0.39 is 4.92 Å². The molecule has 1 saturated heterocycles. The largest absolute Gasteiger partial charge is 0.350 e.